The lowest BCUT2D eigenvalue weighted by atomic mass is 9.81. The maximum atomic E-state index is 12.3. The zero-order valence-electron chi connectivity index (χ0n) is 14.1. The third kappa shape index (κ3) is 4.47. The molecule has 0 aliphatic heterocycles. The van der Waals surface area contributed by atoms with E-state index in [2.05, 4.69) is 10.4 Å². The van der Waals surface area contributed by atoms with Gasteiger partial charge in [0.1, 0.15) is 0 Å². The van der Waals surface area contributed by atoms with E-state index in [-0.39, 0.29) is 17.7 Å². The van der Waals surface area contributed by atoms with Gasteiger partial charge in [0.2, 0.25) is 5.91 Å². The maximum Gasteiger partial charge on any atom is 0.306 e. The summed E-state index contributed by atoms with van der Waals surface area (Å²) in [7, 11) is 0. The fourth-order valence-electron chi connectivity index (χ4n) is 3.34. The number of aliphatic carboxylic acids is 1. The fourth-order valence-corrected chi connectivity index (χ4v) is 3.34. The Morgan fingerprint density at radius 1 is 1.20 bits per heavy atom. The van der Waals surface area contributed by atoms with Gasteiger partial charge in [-0.3, -0.25) is 9.59 Å². The van der Waals surface area contributed by atoms with Crippen LogP contribution in [0.2, 0.25) is 0 Å². The number of hydrogen-bond donors (Lipinski definition) is 2. The summed E-state index contributed by atoms with van der Waals surface area (Å²) in [5.41, 5.74) is 2.05. The molecule has 1 fully saturated rings. The first-order chi connectivity index (χ1) is 12.1. The molecule has 0 radical (unpaired) electrons. The highest BCUT2D eigenvalue weighted by molar-refractivity contribution is 5.80. The van der Waals surface area contributed by atoms with Crippen LogP contribution in [0.5, 0.6) is 0 Å². The molecule has 2 N–H and O–H groups in total. The van der Waals surface area contributed by atoms with Crippen molar-refractivity contribution in [1.82, 2.24) is 15.1 Å². The number of aromatic nitrogens is 2. The summed E-state index contributed by atoms with van der Waals surface area (Å²) in [6, 6.07) is 9.86. The predicted octanol–water partition coefficient (Wildman–Crippen LogP) is 2.42. The second-order valence-corrected chi connectivity index (χ2v) is 6.57. The summed E-state index contributed by atoms with van der Waals surface area (Å²) in [5, 5.41) is 16.4. The molecular formula is C19H23N3O3. The van der Waals surface area contributed by atoms with Gasteiger partial charge >= 0.3 is 5.97 Å². The van der Waals surface area contributed by atoms with Gasteiger partial charge < -0.3 is 10.4 Å². The highest BCUT2D eigenvalue weighted by atomic mass is 16.4. The van der Waals surface area contributed by atoms with Crippen molar-refractivity contribution in [3.05, 3.63) is 48.3 Å². The summed E-state index contributed by atoms with van der Waals surface area (Å²) < 4.78 is 1.82. The van der Waals surface area contributed by atoms with E-state index in [1.807, 2.05) is 41.2 Å². The molecule has 0 unspecified atom stereocenters. The van der Waals surface area contributed by atoms with Crippen molar-refractivity contribution in [1.29, 1.82) is 0 Å². The van der Waals surface area contributed by atoms with E-state index in [0.29, 0.717) is 25.8 Å². The minimum atomic E-state index is -0.786. The number of carbonyl (C=O) groups excluding carboxylic acids is 1. The maximum absolute atomic E-state index is 12.3. The SMILES string of the molecule is O=C(O)[C@H]1CCC[C@@H](C(=O)NCCc2cnn(-c3ccccc3)c2)C1. The molecule has 1 heterocycles. The second kappa shape index (κ2) is 7.96. The number of carboxylic acids is 1. The molecule has 1 saturated carbocycles. The second-order valence-electron chi connectivity index (χ2n) is 6.57. The third-order valence-corrected chi connectivity index (χ3v) is 4.76. The molecule has 2 aromatic rings. The average molecular weight is 341 g/mol. The third-order valence-electron chi connectivity index (χ3n) is 4.76. The van der Waals surface area contributed by atoms with Gasteiger partial charge in [-0.05, 0) is 43.4 Å². The molecule has 0 bridgehead atoms. The van der Waals surface area contributed by atoms with Gasteiger partial charge in [0.05, 0.1) is 17.8 Å². The number of hydrogen-bond acceptors (Lipinski definition) is 3. The van der Waals surface area contributed by atoms with Crippen molar-refractivity contribution >= 4 is 11.9 Å². The molecule has 6 heteroatoms. The van der Waals surface area contributed by atoms with Crippen molar-refractivity contribution in [2.24, 2.45) is 11.8 Å². The lowest BCUT2D eigenvalue weighted by Gasteiger charge is -2.25. The summed E-state index contributed by atoms with van der Waals surface area (Å²) >= 11 is 0. The number of carboxylic acid groups (broad SMARTS) is 1. The topological polar surface area (TPSA) is 84.2 Å². The molecule has 1 amide bonds. The Morgan fingerprint density at radius 2 is 1.96 bits per heavy atom. The zero-order valence-corrected chi connectivity index (χ0v) is 14.1. The molecule has 1 aromatic carbocycles. The monoisotopic (exact) mass is 341 g/mol. The Labute approximate surface area is 146 Å². The number of carbonyl (C=O) groups is 2. The Kier molecular flexibility index (Phi) is 5.48. The highest BCUT2D eigenvalue weighted by Gasteiger charge is 2.30. The van der Waals surface area contributed by atoms with E-state index < -0.39 is 5.97 Å². The molecule has 25 heavy (non-hydrogen) atoms. The van der Waals surface area contributed by atoms with Crippen LogP contribution in [0.3, 0.4) is 0 Å². The van der Waals surface area contributed by atoms with Crippen LogP contribution < -0.4 is 5.32 Å². The van der Waals surface area contributed by atoms with E-state index in [9.17, 15) is 9.59 Å². The molecule has 1 aliphatic rings. The summed E-state index contributed by atoms with van der Waals surface area (Å²) in [6.45, 7) is 0.535. The number of nitrogens with one attached hydrogen (secondary N) is 1. The van der Waals surface area contributed by atoms with Gasteiger partial charge in [0.25, 0.3) is 0 Å². The van der Waals surface area contributed by atoms with Crippen LogP contribution >= 0.6 is 0 Å². The summed E-state index contributed by atoms with van der Waals surface area (Å²) in [4.78, 5) is 23.4. The van der Waals surface area contributed by atoms with E-state index in [1.165, 1.54) is 0 Å². The Bertz CT molecular complexity index is 727. The van der Waals surface area contributed by atoms with Gasteiger partial charge in [0, 0.05) is 18.7 Å². The van der Waals surface area contributed by atoms with E-state index in [1.54, 1.807) is 6.20 Å². The van der Waals surface area contributed by atoms with Gasteiger partial charge in [-0.2, -0.15) is 5.10 Å². The van der Waals surface area contributed by atoms with Crippen LogP contribution in [0.1, 0.15) is 31.2 Å². The van der Waals surface area contributed by atoms with E-state index in [0.717, 1.165) is 24.1 Å². The summed E-state index contributed by atoms with van der Waals surface area (Å²) in [5.74, 6) is -1.37. The van der Waals surface area contributed by atoms with E-state index >= 15 is 0 Å². The first-order valence-corrected chi connectivity index (χ1v) is 8.73. The number of nitrogens with zero attached hydrogens (tertiary/aromatic N) is 2. The Balaban J connectivity index is 1.47. The van der Waals surface area contributed by atoms with Crippen LogP contribution in [0.4, 0.5) is 0 Å². The largest absolute Gasteiger partial charge is 0.481 e. The Morgan fingerprint density at radius 3 is 2.72 bits per heavy atom. The number of benzene rings is 1. The number of para-hydroxylation sites is 1. The molecule has 132 valence electrons. The molecular weight excluding hydrogens is 318 g/mol. The minimum absolute atomic E-state index is 0.0265. The quantitative estimate of drug-likeness (QED) is 0.845. The van der Waals surface area contributed by atoms with Gasteiger partial charge in [0.15, 0.2) is 0 Å². The normalized spacial score (nSPS) is 20.2. The Hall–Kier alpha value is -2.63. The van der Waals surface area contributed by atoms with Crippen molar-refractivity contribution in [2.45, 2.75) is 32.1 Å². The highest BCUT2D eigenvalue weighted by Crippen LogP contribution is 2.29. The standard InChI is InChI=1S/C19H23N3O3/c23-18(15-5-4-6-16(11-15)19(24)25)20-10-9-14-12-21-22(13-14)17-7-2-1-3-8-17/h1-3,7-8,12-13,15-16H,4-6,9-11H2,(H,20,23)(H,24,25)/t15-,16+/m1/s1. The number of rotatable bonds is 6. The molecule has 6 nitrogen and oxygen atoms in total. The predicted molar refractivity (Wildman–Crippen MR) is 93.4 cm³/mol. The van der Waals surface area contributed by atoms with Crippen molar-refractivity contribution in [3.63, 3.8) is 0 Å². The number of amides is 1. The fraction of sp³-hybridized carbons (Fsp3) is 0.421. The molecule has 0 saturated heterocycles. The van der Waals surface area contributed by atoms with Crippen LogP contribution in [0.25, 0.3) is 5.69 Å². The van der Waals surface area contributed by atoms with Crippen LogP contribution in [-0.2, 0) is 16.0 Å². The lowest BCUT2D eigenvalue weighted by molar-refractivity contribution is -0.144. The molecule has 1 aromatic heterocycles. The molecule has 1 aliphatic carbocycles. The molecule has 0 spiro atoms. The molecule has 2 atom stereocenters. The first-order valence-electron chi connectivity index (χ1n) is 8.73. The van der Waals surface area contributed by atoms with Gasteiger partial charge in [-0.15, -0.1) is 0 Å². The van der Waals surface area contributed by atoms with Crippen LogP contribution in [-0.4, -0.2) is 33.3 Å². The van der Waals surface area contributed by atoms with Crippen molar-refractivity contribution in [3.8, 4) is 5.69 Å². The average Bonchev–Trinajstić information content (AvgIpc) is 3.11. The van der Waals surface area contributed by atoms with Crippen LogP contribution in [0.15, 0.2) is 42.7 Å². The zero-order chi connectivity index (χ0) is 17.6. The van der Waals surface area contributed by atoms with Gasteiger partial charge in [-0.1, -0.05) is 24.6 Å². The minimum Gasteiger partial charge on any atom is -0.481 e. The van der Waals surface area contributed by atoms with Crippen LogP contribution in [0, 0.1) is 11.8 Å². The first kappa shape index (κ1) is 17.2. The summed E-state index contributed by atoms with van der Waals surface area (Å²) in [6.07, 6.45) is 7.18. The van der Waals surface area contributed by atoms with Crippen molar-refractivity contribution < 1.29 is 14.7 Å². The molecule has 3 rings (SSSR count). The van der Waals surface area contributed by atoms with Crippen molar-refractivity contribution in [2.75, 3.05) is 6.54 Å². The smallest absolute Gasteiger partial charge is 0.306 e. The van der Waals surface area contributed by atoms with E-state index in [4.69, 9.17) is 5.11 Å². The van der Waals surface area contributed by atoms with Gasteiger partial charge in [-0.25, -0.2) is 4.68 Å². The lowest BCUT2D eigenvalue weighted by Crippen LogP contribution is -2.36.